The van der Waals surface area contributed by atoms with Gasteiger partial charge in [-0.3, -0.25) is 4.79 Å². The highest BCUT2D eigenvalue weighted by Gasteiger charge is 2.16. The molecule has 0 bridgehead atoms. The number of hydrogen-bond acceptors (Lipinski definition) is 2. The van der Waals surface area contributed by atoms with Gasteiger partial charge in [0.1, 0.15) is 10.8 Å². The van der Waals surface area contributed by atoms with Crippen LogP contribution in [0.1, 0.15) is 29.0 Å². The molecule has 7 heteroatoms. The molecule has 2 rings (SSSR count). The van der Waals surface area contributed by atoms with Crippen LogP contribution in [0.2, 0.25) is 20.2 Å². The van der Waals surface area contributed by atoms with Crippen LogP contribution in [-0.4, -0.2) is 10.9 Å². The van der Waals surface area contributed by atoms with Crippen LogP contribution in [0.4, 0.5) is 0 Å². The van der Waals surface area contributed by atoms with E-state index in [1.165, 1.54) is 12.1 Å². The van der Waals surface area contributed by atoms with Crippen molar-refractivity contribution in [1.82, 2.24) is 10.3 Å². The molecule has 0 saturated heterocycles. The van der Waals surface area contributed by atoms with E-state index >= 15 is 0 Å². The minimum absolute atomic E-state index is 0.0797. The fraction of sp³-hybridized carbons (Fsp3) is 0.143. The molecular weight excluding hydrogens is 354 g/mol. The minimum atomic E-state index is -0.416. The van der Waals surface area contributed by atoms with Crippen molar-refractivity contribution in [3.8, 4) is 0 Å². The van der Waals surface area contributed by atoms with Crippen molar-refractivity contribution in [2.45, 2.75) is 13.0 Å². The van der Waals surface area contributed by atoms with E-state index in [1.54, 1.807) is 18.2 Å². The standard InChI is InChI=1S/C14H10Cl4N2O/c1-7(8-2-3-9(15)11(17)6-8)19-14(21)13-10(16)4-5-12(18)20-13/h2-7H,1H3,(H,19,21). The average Bonchev–Trinajstić information content (AvgIpc) is 2.44. The minimum Gasteiger partial charge on any atom is -0.344 e. The molecule has 110 valence electrons. The monoisotopic (exact) mass is 362 g/mol. The second-order valence-electron chi connectivity index (χ2n) is 4.33. The highest BCUT2D eigenvalue weighted by molar-refractivity contribution is 6.42. The summed E-state index contributed by atoms with van der Waals surface area (Å²) in [5, 5.41) is 4.10. The fourth-order valence-electron chi connectivity index (χ4n) is 1.71. The molecule has 0 aliphatic rings. The van der Waals surface area contributed by atoms with Gasteiger partial charge in [0.15, 0.2) is 0 Å². The van der Waals surface area contributed by atoms with Crippen molar-refractivity contribution in [3.63, 3.8) is 0 Å². The molecule has 1 heterocycles. The Bertz CT molecular complexity index is 691. The highest BCUT2D eigenvalue weighted by Crippen LogP contribution is 2.26. The molecule has 0 aliphatic carbocycles. The number of pyridine rings is 1. The van der Waals surface area contributed by atoms with Crippen molar-refractivity contribution >= 4 is 52.3 Å². The summed E-state index contributed by atoms with van der Waals surface area (Å²) >= 11 is 23.5. The second kappa shape index (κ2) is 6.84. The molecule has 2 aromatic rings. The van der Waals surface area contributed by atoms with Crippen LogP contribution in [0, 0.1) is 0 Å². The van der Waals surface area contributed by atoms with Crippen molar-refractivity contribution < 1.29 is 4.79 Å². The van der Waals surface area contributed by atoms with Crippen LogP contribution >= 0.6 is 46.4 Å². The zero-order valence-electron chi connectivity index (χ0n) is 10.8. The van der Waals surface area contributed by atoms with E-state index in [0.29, 0.717) is 10.0 Å². The van der Waals surface area contributed by atoms with Crippen molar-refractivity contribution in [2.24, 2.45) is 0 Å². The van der Waals surface area contributed by atoms with Gasteiger partial charge in [-0.25, -0.2) is 4.98 Å². The Morgan fingerprint density at radius 2 is 1.71 bits per heavy atom. The quantitative estimate of drug-likeness (QED) is 0.762. The lowest BCUT2D eigenvalue weighted by Crippen LogP contribution is -2.27. The highest BCUT2D eigenvalue weighted by atomic mass is 35.5. The summed E-state index contributed by atoms with van der Waals surface area (Å²) in [4.78, 5) is 16.1. The van der Waals surface area contributed by atoms with Gasteiger partial charge in [0.05, 0.1) is 21.1 Å². The first-order valence-corrected chi connectivity index (χ1v) is 7.47. The number of nitrogens with zero attached hydrogens (tertiary/aromatic N) is 1. The maximum absolute atomic E-state index is 12.2. The number of amides is 1. The number of carbonyl (C=O) groups excluding carboxylic acids is 1. The van der Waals surface area contributed by atoms with Crippen molar-refractivity contribution in [2.75, 3.05) is 0 Å². The van der Waals surface area contributed by atoms with Crippen LogP contribution in [-0.2, 0) is 0 Å². The molecule has 21 heavy (non-hydrogen) atoms. The van der Waals surface area contributed by atoms with Crippen LogP contribution in [0.5, 0.6) is 0 Å². The third-order valence-electron chi connectivity index (χ3n) is 2.82. The normalized spacial score (nSPS) is 12.0. The maximum Gasteiger partial charge on any atom is 0.271 e. The van der Waals surface area contributed by atoms with Gasteiger partial charge in [-0.15, -0.1) is 0 Å². The molecule has 1 amide bonds. The first-order chi connectivity index (χ1) is 9.88. The number of aromatic nitrogens is 1. The summed E-state index contributed by atoms with van der Waals surface area (Å²) in [6, 6.07) is 7.91. The number of benzene rings is 1. The Morgan fingerprint density at radius 3 is 2.38 bits per heavy atom. The van der Waals surface area contributed by atoms with Crippen LogP contribution < -0.4 is 5.32 Å². The molecule has 1 aromatic carbocycles. The predicted octanol–water partition coefficient (Wildman–Crippen LogP) is 5.19. The number of nitrogens with one attached hydrogen (secondary N) is 1. The lowest BCUT2D eigenvalue weighted by Gasteiger charge is -2.15. The molecule has 1 aromatic heterocycles. The van der Waals surface area contributed by atoms with Gasteiger partial charge >= 0.3 is 0 Å². The Kier molecular flexibility index (Phi) is 5.33. The smallest absolute Gasteiger partial charge is 0.271 e. The molecule has 1 unspecified atom stereocenters. The van der Waals surface area contributed by atoms with Crippen molar-refractivity contribution in [1.29, 1.82) is 0 Å². The second-order valence-corrected chi connectivity index (χ2v) is 5.94. The predicted molar refractivity (Wildman–Crippen MR) is 86.6 cm³/mol. The molecule has 3 nitrogen and oxygen atoms in total. The Labute approximate surface area is 142 Å². The van der Waals surface area contributed by atoms with E-state index in [2.05, 4.69) is 10.3 Å². The Balaban J connectivity index is 2.18. The topological polar surface area (TPSA) is 42.0 Å². The van der Waals surface area contributed by atoms with E-state index in [0.717, 1.165) is 5.56 Å². The van der Waals surface area contributed by atoms with Crippen LogP contribution in [0.15, 0.2) is 30.3 Å². The summed E-state index contributed by atoms with van der Waals surface area (Å²) in [6.45, 7) is 1.82. The maximum atomic E-state index is 12.2. The molecule has 0 saturated carbocycles. The third-order valence-corrected chi connectivity index (χ3v) is 4.07. The zero-order valence-corrected chi connectivity index (χ0v) is 13.9. The average molecular weight is 364 g/mol. The SMILES string of the molecule is CC(NC(=O)c1nc(Cl)ccc1Cl)c1ccc(Cl)c(Cl)c1. The van der Waals surface area contributed by atoms with E-state index in [4.69, 9.17) is 46.4 Å². The summed E-state index contributed by atoms with van der Waals surface area (Å²) < 4.78 is 0. The van der Waals surface area contributed by atoms with Gasteiger partial charge in [0.25, 0.3) is 5.91 Å². The summed E-state index contributed by atoms with van der Waals surface area (Å²) in [5.74, 6) is -0.416. The van der Waals surface area contributed by atoms with Gasteiger partial charge in [-0.2, -0.15) is 0 Å². The van der Waals surface area contributed by atoms with Gasteiger partial charge in [-0.1, -0.05) is 52.5 Å². The lowest BCUT2D eigenvalue weighted by atomic mass is 10.1. The van der Waals surface area contributed by atoms with Crippen LogP contribution in [0.3, 0.4) is 0 Å². The third kappa shape index (κ3) is 4.01. The largest absolute Gasteiger partial charge is 0.344 e. The summed E-state index contributed by atoms with van der Waals surface area (Å²) in [6.07, 6.45) is 0. The van der Waals surface area contributed by atoms with Gasteiger partial charge < -0.3 is 5.32 Å². The van der Waals surface area contributed by atoms with E-state index in [-0.39, 0.29) is 21.9 Å². The number of rotatable bonds is 3. The number of carbonyl (C=O) groups is 1. The molecule has 0 spiro atoms. The Hall–Kier alpha value is -1.00. The lowest BCUT2D eigenvalue weighted by molar-refractivity contribution is 0.0935. The van der Waals surface area contributed by atoms with E-state index < -0.39 is 5.91 Å². The van der Waals surface area contributed by atoms with Crippen LogP contribution in [0.25, 0.3) is 0 Å². The molecule has 1 N–H and O–H groups in total. The summed E-state index contributed by atoms with van der Waals surface area (Å²) in [7, 11) is 0. The fourth-order valence-corrected chi connectivity index (χ4v) is 2.35. The first kappa shape index (κ1) is 16.4. The van der Waals surface area contributed by atoms with Gasteiger partial charge in [-0.05, 0) is 36.8 Å². The molecule has 0 fully saturated rings. The van der Waals surface area contributed by atoms with Gasteiger partial charge in [0.2, 0.25) is 0 Å². The molecule has 0 aliphatic heterocycles. The molecule has 0 radical (unpaired) electrons. The molecule has 1 atom stereocenters. The molecular formula is C14H10Cl4N2O. The van der Waals surface area contributed by atoms with Crippen molar-refractivity contribution in [3.05, 3.63) is 61.8 Å². The van der Waals surface area contributed by atoms with E-state index in [9.17, 15) is 4.79 Å². The first-order valence-electron chi connectivity index (χ1n) is 5.96. The Morgan fingerprint density at radius 1 is 1.05 bits per heavy atom. The number of halogens is 4. The zero-order chi connectivity index (χ0) is 15.6. The van der Waals surface area contributed by atoms with Gasteiger partial charge in [0, 0.05) is 0 Å². The summed E-state index contributed by atoms with van der Waals surface area (Å²) in [5.41, 5.74) is 0.895. The number of hydrogen-bond donors (Lipinski definition) is 1. The van der Waals surface area contributed by atoms with E-state index in [1.807, 2.05) is 6.92 Å².